The molecule has 0 radical (unpaired) electrons. The predicted molar refractivity (Wildman–Crippen MR) is 94.2 cm³/mol. The molecule has 3 aromatic rings. The second kappa shape index (κ2) is 6.35. The van der Waals surface area contributed by atoms with Crippen molar-refractivity contribution in [2.24, 2.45) is 7.05 Å². The number of aryl methyl sites for hydroxylation is 2. The molecule has 130 valence electrons. The van der Waals surface area contributed by atoms with Crippen LogP contribution in [0.5, 0.6) is 0 Å². The molecular weight excluding hydrogens is 316 g/mol. The molecule has 1 aromatic carbocycles. The minimum absolute atomic E-state index is 0.168. The lowest BCUT2D eigenvalue weighted by Gasteiger charge is -2.31. The summed E-state index contributed by atoms with van der Waals surface area (Å²) in [6.07, 6.45) is 4.46. The molecule has 1 aliphatic rings. The molecule has 0 aliphatic carbocycles. The molecule has 0 N–H and O–H groups in total. The number of para-hydroxylation sites is 1. The maximum Gasteiger partial charge on any atom is 0.227 e. The Hall–Kier alpha value is -2.63. The second-order valence-electron chi connectivity index (χ2n) is 6.81. The van der Waals surface area contributed by atoms with Crippen molar-refractivity contribution in [1.29, 1.82) is 0 Å². The lowest BCUT2D eigenvalue weighted by atomic mass is 9.96. The Bertz CT molecular complexity index is 911. The van der Waals surface area contributed by atoms with Gasteiger partial charge in [-0.3, -0.25) is 4.79 Å². The van der Waals surface area contributed by atoms with Gasteiger partial charge < -0.3 is 14.0 Å². The molecule has 1 saturated heterocycles. The van der Waals surface area contributed by atoms with E-state index < -0.39 is 0 Å². The Morgan fingerprint density at radius 1 is 1.36 bits per heavy atom. The number of hydrogen-bond donors (Lipinski definition) is 0. The van der Waals surface area contributed by atoms with E-state index in [1.165, 1.54) is 0 Å². The van der Waals surface area contributed by atoms with E-state index in [4.69, 9.17) is 4.52 Å². The first-order valence-electron chi connectivity index (χ1n) is 8.73. The van der Waals surface area contributed by atoms with Crippen molar-refractivity contribution in [1.82, 2.24) is 19.6 Å². The van der Waals surface area contributed by atoms with Crippen molar-refractivity contribution in [2.75, 3.05) is 13.1 Å². The fourth-order valence-corrected chi connectivity index (χ4v) is 3.74. The molecule has 0 saturated carbocycles. The summed E-state index contributed by atoms with van der Waals surface area (Å²) < 4.78 is 7.18. The summed E-state index contributed by atoms with van der Waals surface area (Å²) in [5, 5.41) is 5.19. The van der Waals surface area contributed by atoms with E-state index in [2.05, 4.69) is 33.0 Å². The highest BCUT2D eigenvalue weighted by atomic mass is 16.5. The number of benzene rings is 1. The van der Waals surface area contributed by atoms with E-state index >= 15 is 0 Å². The van der Waals surface area contributed by atoms with E-state index in [9.17, 15) is 4.79 Å². The number of nitrogens with zero attached hydrogens (tertiary/aromatic N) is 4. The molecule has 1 aliphatic heterocycles. The summed E-state index contributed by atoms with van der Waals surface area (Å²) in [7, 11) is 2.02. The van der Waals surface area contributed by atoms with Crippen molar-refractivity contribution < 1.29 is 9.32 Å². The van der Waals surface area contributed by atoms with Crippen molar-refractivity contribution in [3.05, 3.63) is 47.7 Å². The quantitative estimate of drug-likeness (QED) is 0.737. The van der Waals surface area contributed by atoms with E-state index in [1.807, 2.05) is 24.1 Å². The van der Waals surface area contributed by atoms with Crippen molar-refractivity contribution >= 4 is 16.8 Å². The maximum atomic E-state index is 12.9. The van der Waals surface area contributed by atoms with Crippen LogP contribution >= 0.6 is 0 Å². The molecule has 0 spiro atoms. The summed E-state index contributed by atoms with van der Waals surface area (Å²) >= 11 is 0. The van der Waals surface area contributed by atoms with Gasteiger partial charge in [0.2, 0.25) is 11.8 Å². The summed E-state index contributed by atoms with van der Waals surface area (Å²) in [4.78, 5) is 19.1. The number of amides is 1. The molecule has 6 heteroatoms. The predicted octanol–water partition coefficient (Wildman–Crippen LogP) is 2.82. The minimum atomic E-state index is 0.168. The zero-order valence-corrected chi connectivity index (χ0v) is 14.6. The zero-order valence-electron chi connectivity index (χ0n) is 14.6. The third-order valence-corrected chi connectivity index (χ3v) is 5.00. The molecule has 2 aromatic heterocycles. The largest absolute Gasteiger partial charge is 0.350 e. The van der Waals surface area contributed by atoms with Crippen LogP contribution in [-0.4, -0.2) is 38.6 Å². The summed E-state index contributed by atoms with van der Waals surface area (Å²) in [5.74, 6) is 1.64. The first-order valence-corrected chi connectivity index (χ1v) is 8.73. The molecule has 1 fully saturated rings. The Morgan fingerprint density at radius 2 is 2.20 bits per heavy atom. The monoisotopic (exact) mass is 338 g/mol. The standard InChI is InChI=1S/C19H22N4O2/c1-13-20-19(21-25-13)14-6-5-9-23(12-14)18(24)10-15-11-22(2)17-8-4-3-7-16(15)17/h3-4,7-8,11,14H,5-6,9-10,12H2,1-2H3/t14-/m1/s1. The highest BCUT2D eigenvalue weighted by Crippen LogP contribution is 2.26. The topological polar surface area (TPSA) is 64.2 Å². The van der Waals surface area contributed by atoms with Gasteiger partial charge in [0.25, 0.3) is 0 Å². The van der Waals surface area contributed by atoms with Crippen molar-refractivity contribution in [3.63, 3.8) is 0 Å². The molecular formula is C19H22N4O2. The summed E-state index contributed by atoms with van der Waals surface area (Å²) in [6.45, 7) is 3.27. The Labute approximate surface area is 146 Å². The fraction of sp³-hybridized carbons (Fsp3) is 0.421. The lowest BCUT2D eigenvalue weighted by molar-refractivity contribution is -0.131. The van der Waals surface area contributed by atoms with Crippen molar-refractivity contribution in [2.45, 2.75) is 32.1 Å². The van der Waals surface area contributed by atoms with Gasteiger partial charge in [-0.1, -0.05) is 23.4 Å². The van der Waals surface area contributed by atoms with Gasteiger partial charge in [0.05, 0.1) is 6.42 Å². The number of fused-ring (bicyclic) bond motifs is 1. The number of aromatic nitrogens is 3. The molecule has 1 atom stereocenters. The Morgan fingerprint density at radius 3 is 3.00 bits per heavy atom. The smallest absolute Gasteiger partial charge is 0.227 e. The van der Waals surface area contributed by atoms with Gasteiger partial charge in [-0.05, 0) is 24.5 Å². The number of carbonyl (C=O) groups is 1. The van der Waals surface area contributed by atoms with Gasteiger partial charge in [0, 0.05) is 50.1 Å². The number of carbonyl (C=O) groups excluding carboxylic acids is 1. The first-order chi connectivity index (χ1) is 12.1. The van der Waals surface area contributed by atoms with Crippen molar-refractivity contribution in [3.8, 4) is 0 Å². The van der Waals surface area contributed by atoms with Gasteiger partial charge >= 0.3 is 0 Å². The molecule has 0 bridgehead atoms. The number of piperidine rings is 1. The van der Waals surface area contributed by atoms with E-state index in [1.54, 1.807) is 6.92 Å². The molecule has 3 heterocycles. The Kier molecular flexibility index (Phi) is 4.03. The van der Waals surface area contributed by atoms with Crippen LogP contribution in [0.4, 0.5) is 0 Å². The highest BCUT2D eigenvalue weighted by Gasteiger charge is 2.28. The van der Waals surface area contributed by atoms with Crippen LogP contribution in [0, 0.1) is 6.92 Å². The molecule has 6 nitrogen and oxygen atoms in total. The van der Waals surface area contributed by atoms with Gasteiger partial charge in [0.1, 0.15) is 0 Å². The third kappa shape index (κ3) is 3.04. The fourth-order valence-electron chi connectivity index (χ4n) is 3.74. The van der Waals surface area contributed by atoms with Crippen LogP contribution in [-0.2, 0) is 18.3 Å². The van der Waals surface area contributed by atoms with E-state index in [0.717, 1.165) is 41.7 Å². The second-order valence-corrected chi connectivity index (χ2v) is 6.81. The molecule has 25 heavy (non-hydrogen) atoms. The van der Waals surface area contributed by atoms with Gasteiger partial charge in [-0.2, -0.15) is 4.98 Å². The average molecular weight is 338 g/mol. The minimum Gasteiger partial charge on any atom is -0.350 e. The number of rotatable bonds is 3. The highest BCUT2D eigenvalue weighted by molar-refractivity contribution is 5.89. The van der Waals surface area contributed by atoms with Crippen LogP contribution in [0.15, 0.2) is 35.0 Å². The van der Waals surface area contributed by atoms with Crippen LogP contribution in [0.25, 0.3) is 10.9 Å². The van der Waals surface area contributed by atoms with Gasteiger partial charge in [-0.15, -0.1) is 0 Å². The Balaban J connectivity index is 1.50. The van der Waals surface area contributed by atoms with Crippen LogP contribution in [0.1, 0.15) is 36.0 Å². The molecule has 4 rings (SSSR count). The van der Waals surface area contributed by atoms with Crippen LogP contribution in [0.2, 0.25) is 0 Å². The summed E-state index contributed by atoms with van der Waals surface area (Å²) in [5.41, 5.74) is 2.24. The average Bonchev–Trinajstić information content (AvgIpc) is 3.20. The van der Waals surface area contributed by atoms with Gasteiger partial charge in [-0.25, -0.2) is 0 Å². The lowest BCUT2D eigenvalue weighted by Crippen LogP contribution is -2.40. The number of hydrogen-bond acceptors (Lipinski definition) is 4. The number of likely N-dealkylation sites (tertiary alicyclic amines) is 1. The van der Waals surface area contributed by atoms with E-state index in [0.29, 0.717) is 18.9 Å². The normalized spacial score (nSPS) is 18.0. The maximum absolute atomic E-state index is 12.9. The third-order valence-electron chi connectivity index (χ3n) is 5.00. The zero-order chi connectivity index (χ0) is 17.4. The molecule has 0 unspecified atom stereocenters. The SMILES string of the molecule is Cc1nc([C@@H]2CCCN(C(=O)Cc3cn(C)c4ccccc34)C2)no1. The summed E-state index contributed by atoms with van der Waals surface area (Å²) in [6, 6.07) is 8.21. The van der Waals surface area contributed by atoms with E-state index in [-0.39, 0.29) is 11.8 Å². The molecule has 1 amide bonds. The first kappa shape index (κ1) is 15.9. The van der Waals surface area contributed by atoms with Gasteiger partial charge in [0.15, 0.2) is 5.82 Å². The van der Waals surface area contributed by atoms with Crippen LogP contribution < -0.4 is 0 Å². The van der Waals surface area contributed by atoms with Crippen LogP contribution in [0.3, 0.4) is 0 Å².